The summed E-state index contributed by atoms with van der Waals surface area (Å²) in [5.41, 5.74) is 1.50. The van der Waals surface area contributed by atoms with Crippen molar-refractivity contribution in [1.29, 1.82) is 0 Å². The van der Waals surface area contributed by atoms with Crippen LogP contribution >= 0.6 is 0 Å². The highest BCUT2D eigenvalue weighted by Crippen LogP contribution is 2.30. The average Bonchev–Trinajstić information content (AvgIpc) is 3.10. The Morgan fingerprint density at radius 3 is 2.33 bits per heavy atom. The number of aromatic nitrogens is 1. The Labute approximate surface area is 173 Å². The predicted molar refractivity (Wildman–Crippen MR) is 112 cm³/mol. The van der Waals surface area contributed by atoms with Gasteiger partial charge in [-0.3, -0.25) is 4.72 Å². The molecule has 0 bridgehead atoms. The minimum Gasteiger partial charge on any atom is -0.343 e. The molecule has 1 heterocycles. The van der Waals surface area contributed by atoms with Crippen LogP contribution in [0.2, 0.25) is 0 Å². The van der Waals surface area contributed by atoms with Gasteiger partial charge >= 0.3 is 6.18 Å². The second kappa shape index (κ2) is 7.98. The van der Waals surface area contributed by atoms with Crippen LogP contribution in [0.15, 0.2) is 54.7 Å². The topological polar surface area (TPSA) is 51.1 Å². The molecule has 1 saturated carbocycles. The number of hydrogen-bond donors (Lipinski definition) is 1. The van der Waals surface area contributed by atoms with Crippen molar-refractivity contribution in [3.05, 3.63) is 65.9 Å². The zero-order valence-electron chi connectivity index (χ0n) is 16.3. The van der Waals surface area contributed by atoms with Gasteiger partial charge in [0, 0.05) is 29.3 Å². The average molecular weight is 436 g/mol. The van der Waals surface area contributed by atoms with Gasteiger partial charge in [-0.05, 0) is 54.8 Å². The molecule has 1 aliphatic rings. The fourth-order valence-corrected chi connectivity index (χ4v) is 5.60. The summed E-state index contributed by atoms with van der Waals surface area (Å²) in [6.45, 7) is 0.425. The standard InChI is InChI=1S/C22H23F3N2O2S/c23-22(24,25)18-8-6-16(7-9-18)15-27-13-12-17-14-19(10-11-21(17)27)26-30(28,29)20-4-2-1-3-5-20/h6-14,20,26H,1-5,15H2. The molecule has 0 radical (unpaired) electrons. The first-order valence-corrected chi connectivity index (χ1v) is 11.5. The Kier molecular flexibility index (Phi) is 5.53. The van der Waals surface area contributed by atoms with Crippen LogP contribution in [0.3, 0.4) is 0 Å². The number of alkyl halides is 3. The first kappa shape index (κ1) is 20.8. The summed E-state index contributed by atoms with van der Waals surface area (Å²) in [4.78, 5) is 0. The van der Waals surface area contributed by atoms with Crippen LogP contribution in [0.1, 0.15) is 43.2 Å². The lowest BCUT2D eigenvalue weighted by Gasteiger charge is -2.22. The van der Waals surface area contributed by atoms with E-state index in [0.717, 1.165) is 47.9 Å². The maximum Gasteiger partial charge on any atom is 0.416 e. The third-order valence-corrected chi connectivity index (χ3v) is 7.53. The zero-order valence-corrected chi connectivity index (χ0v) is 17.1. The maximum absolute atomic E-state index is 12.7. The lowest BCUT2D eigenvalue weighted by Crippen LogP contribution is -2.29. The molecule has 0 saturated heterocycles. The molecule has 3 aromatic rings. The lowest BCUT2D eigenvalue weighted by molar-refractivity contribution is -0.137. The first-order chi connectivity index (χ1) is 14.2. The molecule has 30 heavy (non-hydrogen) atoms. The Balaban J connectivity index is 1.51. The monoisotopic (exact) mass is 436 g/mol. The van der Waals surface area contributed by atoms with Gasteiger partial charge in [0.1, 0.15) is 0 Å². The fraction of sp³-hybridized carbons (Fsp3) is 0.364. The molecule has 0 amide bonds. The van der Waals surface area contributed by atoms with Gasteiger partial charge in [0.2, 0.25) is 10.0 Å². The zero-order chi connectivity index (χ0) is 21.4. The van der Waals surface area contributed by atoms with E-state index in [0.29, 0.717) is 25.1 Å². The van der Waals surface area contributed by atoms with E-state index < -0.39 is 21.8 Å². The lowest BCUT2D eigenvalue weighted by atomic mass is 10.0. The Bertz CT molecular complexity index is 1130. The summed E-state index contributed by atoms with van der Waals surface area (Å²) >= 11 is 0. The summed E-state index contributed by atoms with van der Waals surface area (Å²) in [5, 5.41) is 0.525. The summed E-state index contributed by atoms with van der Waals surface area (Å²) in [5.74, 6) is 0. The van der Waals surface area contributed by atoms with Gasteiger partial charge in [0.25, 0.3) is 0 Å². The quantitative estimate of drug-likeness (QED) is 0.551. The summed E-state index contributed by atoms with van der Waals surface area (Å²) < 4.78 is 68.1. The van der Waals surface area contributed by atoms with Gasteiger partial charge < -0.3 is 4.57 Å². The fourth-order valence-electron chi connectivity index (χ4n) is 4.02. The largest absolute Gasteiger partial charge is 0.416 e. The Hall–Kier alpha value is -2.48. The van der Waals surface area contributed by atoms with E-state index in [9.17, 15) is 21.6 Å². The van der Waals surface area contributed by atoms with Crippen LogP contribution < -0.4 is 4.72 Å². The number of sulfonamides is 1. The van der Waals surface area contributed by atoms with Gasteiger partial charge in [-0.15, -0.1) is 0 Å². The molecule has 2 aromatic carbocycles. The van der Waals surface area contributed by atoms with E-state index in [1.807, 2.05) is 22.9 Å². The van der Waals surface area contributed by atoms with E-state index in [-0.39, 0.29) is 5.25 Å². The highest BCUT2D eigenvalue weighted by atomic mass is 32.2. The van der Waals surface area contributed by atoms with Gasteiger partial charge in [-0.2, -0.15) is 13.2 Å². The van der Waals surface area contributed by atoms with E-state index in [1.165, 1.54) is 12.1 Å². The van der Waals surface area contributed by atoms with Crippen LogP contribution in [0.4, 0.5) is 18.9 Å². The van der Waals surface area contributed by atoms with Crippen molar-refractivity contribution in [2.24, 2.45) is 0 Å². The summed E-state index contributed by atoms with van der Waals surface area (Å²) in [6, 6.07) is 12.3. The normalized spacial score (nSPS) is 16.1. The highest BCUT2D eigenvalue weighted by molar-refractivity contribution is 7.93. The van der Waals surface area contributed by atoms with Crippen LogP contribution in [-0.4, -0.2) is 18.2 Å². The second-order valence-corrected chi connectivity index (χ2v) is 9.78. The smallest absolute Gasteiger partial charge is 0.343 e. The number of anilines is 1. The molecule has 1 aliphatic carbocycles. The van der Waals surface area contributed by atoms with E-state index in [1.54, 1.807) is 12.1 Å². The first-order valence-electron chi connectivity index (χ1n) is 9.99. The molecule has 1 N–H and O–H groups in total. The number of nitrogens with one attached hydrogen (secondary N) is 1. The minimum absolute atomic E-state index is 0.341. The molecule has 160 valence electrons. The predicted octanol–water partition coefficient (Wildman–Crippen LogP) is 5.78. The van der Waals surface area contributed by atoms with Crippen molar-refractivity contribution in [1.82, 2.24) is 4.57 Å². The summed E-state index contributed by atoms with van der Waals surface area (Å²) in [7, 11) is -3.41. The van der Waals surface area contributed by atoms with Crippen LogP contribution in [0.25, 0.3) is 10.9 Å². The van der Waals surface area contributed by atoms with Crippen LogP contribution in [-0.2, 0) is 22.7 Å². The molecule has 0 atom stereocenters. The molecular weight excluding hydrogens is 413 g/mol. The SMILES string of the molecule is O=S(=O)(Nc1ccc2c(ccn2Cc2ccc(C(F)(F)F)cc2)c1)C1CCCCC1. The third kappa shape index (κ3) is 4.48. The molecular formula is C22H23F3N2O2S. The molecule has 0 aliphatic heterocycles. The number of benzene rings is 2. The molecule has 4 nitrogen and oxygen atoms in total. The van der Waals surface area contributed by atoms with E-state index >= 15 is 0 Å². The van der Waals surface area contributed by atoms with Crippen molar-refractivity contribution in [2.75, 3.05) is 4.72 Å². The Morgan fingerprint density at radius 1 is 0.967 bits per heavy atom. The minimum atomic E-state index is -4.35. The molecule has 0 unspecified atom stereocenters. The number of halogens is 3. The maximum atomic E-state index is 12.7. The van der Waals surface area contributed by atoms with E-state index in [2.05, 4.69) is 4.72 Å². The number of nitrogens with zero attached hydrogens (tertiary/aromatic N) is 1. The van der Waals surface area contributed by atoms with Crippen molar-refractivity contribution in [2.45, 2.75) is 50.1 Å². The van der Waals surface area contributed by atoms with Crippen molar-refractivity contribution >= 4 is 26.6 Å². The second-order valence-electron chi connectivity index (χ2n) is 7.82. The number of hydrogen-bond acceptors (Lipinski definition) is 2. The van der Waals surface area contributed by atoms with Crippen LogP contribution in [0, 0.1) is 0 Å². The van der Waals surface area contributed by atoms with E-state index in [4.69, 9.17) is 0 Å². The molecule has 1 aromatic heterocycles. The number of rotatable bonds is 5. The van der Waals surface area contributed by atoms with Gasteiger partial charge in [0.05, 0.1) is 10.8 Å². The molecule has 8 heteroatoms. The van der Waals surface area contributed by atoms with Crippen molar-refractivity contribution in [3.8, 4) is 0 Å². The summed E-state index contributed by atoms with van der Waals surface area (Å²) in [6.07, 6.45) is 1.86. The Morgan fingerprint density at radius 2 is 1.67 bits per heavy atom. The van der Waals surface area contributed by atoms with Crippen LogP contribution in [0.5, 0.6) is 0 Å². The molecule has 0 spiro atoms. The van der Waals surface area contributed by atoms with Crippen molar-refractivity contribution < 1.29 is 21.6 Å². The van der Waals surface area contributed by atoms with Gasteiger partial charge in [0.15, 0.2) is 0 Å². The van der Waals surface area contributed by atoms with Crippen molar-refractivity contribution in [3.63, 3.8) is 0 Å². The molecule has 1 fully saturated rings. The highest BCUT2D eigenvalue weighted by Gasteiger charge is 2.30. The molecule has 4 rings (SSSR count). The van der Waals surface area contributed by atoms with Gasteiger partial charge in [-0.1, -0.05) is 31.4 Å². The third-order valence-electron chi connectivity index (χ3n) is 5.66. The van der Waals surface area contributed by atoms with Gasteiger partial charge in [-0.25, -0.2) is 8.42 Å². The number of fused-ring (bicyclic) bond motifs is 1.